The van der Waals surface area contributed by atoms with Crippen LogP contribution in [-0.4, -0.2) is 50.5 Å². The van der Waals surface area contributed by atoms with E-state index in [1.165, 1.54) is 6.07 Å². The molecule has 0 saturated carbocycles. The van der Waals surface area contributed by atoms with Gasteiger partial charge in [-0.05, 0) is 37.1 Å². The molecule has 8 nitrogen and oxygen atoms in total. The van der Waals surface area contributed by atoms with Crippen LogP contribution < -0.4 is 5.73 Å². The van der Waals surface area contributed by atoms with Crippen LogP contribution in [0, 0.1) is 24.7 Å². The van der Waals surface area contributed by atoms with E-state index in [9.17, 15) is 9.59 Å². The molecular formula is C22H20N6O2. The van der Waals surface area contributed by atoms with Crippen molar-refractivity contribution in [1.82, 2.24) is 25.1 Å². The second-order valence-electron chi connectivity index (χ2n) is 7.21. The maximum absolute atomic E-state index is 12.0. The first-order valence-electron chi connectivity index (χ1n) is 9.48. The lowest BCUT2D eigenvalue weighted by Gasteiger charge is -2.07. The summed E-state index contributed by atoms with van der Waals surface area (Å²) in [5.74, 6) is 5.63. The second-order valence-corrected chi connectivity index (χ2v) is 7.21. The number of H-pyrrole nitrogens is 1. The highest BCUT2D eigenvalue weighted by molar-refractivity contribution is 5.92. The van der Waals surface area contributed by atoms with E-state index in [2.05, 4.69) is 32.0 Å². The Morgan fingerprint density at radius 2 is 2.13 bits per heavy atom. The van der Waals surface area contributed by atoms with E-state index in [1.54, 1.807) is 18.1 Å². The molecule has 0 aliphatic carbocycles. The van der Waals surface area contributed by atoms with Crippen LogP contribution in [0.5, 0.6) is 0 Å². The number of amides is 2. The summed E-state index contributed by atoms with van der Waals surface area (Å²) < 4.78 is 0. The van der Waals surface area contributed by atoms with Crippen LogP contribution in [0.1, 0.15) is 28.0 Å². The molecule has 30 heavy (non-hydrogen) atoms. The summed E-state index contributed by atoms with van der Waals surface area (Å²) in [6, 6.07) is 8.91. The number of carbonyl (C=O) groups excluding carboxylic acids is 2. The van der Waals surface area contributed by atoms with Gasteiger partial charge in [0.2, 0.25) is 5.91 Å². The van der Waals surface area contributed by atoms with Crippen molar-refractivity contribution in [1.29, 1.82) is 0 Å². The summed E-state index contributed by atoms with van der Waals surface area (Å²) in [4.78, 5) is 34.5. The predicted molar refractivity (Wildman–Crippen MR) is 111 cm³/mol. The molecule has 1 unspecified atom stereocenters. The lowest BCUT2D eigenvalue weighted by molar-refractivity contribution is -0.128. The van der Waals surface area contributed by atoms with Gasteiger partial charge in [0.05, 0.1) is 17.6 Å². The Morgan fingerprint density at radius 1 is 1.30 bits per heavy atom. The van der Waals surface area contributed by atoms with Crippen LogP contribution in [0.4, 0.5) is 0 Å². The van der Waals surface area contributed by atoms with Crippen molar-refractivity contribution in [2.24, 2.45) is 11.7 Å². The highest BCUT2D eigenvalue weighted by Gasteiger charge is 2.27. The molecule has 1 aliphatic rings. The van der Waals surface area contributed by atoms with Crippen molar-refractivity contribution in [3.63, 3.8) is 0 Å². The molecule has 0 spiro atoms. The number of nitrogens with two attached hydrogens (primary N) is 1. The van der Waals surface area contributed by atoms with Crippen molar-refractivity contribution in [2.45, 2.75) is 13.3 Å². The van der Waals surface area contributed by atoms with Crippen molar-refractivity contribution in [2.75, 3.05) is 13.6 Å². The molecule has 1 saturated heterocycles. The average molecular weight is 400 g/mol. The Bertz CT molecular complexity index is 1200. The van der Waals surface area contributed by atoms with Gasteiger partial charge < -0.3 is 10.6 Å². The molecule has 150 valence electrons. The van der Waals surface area contributed by atoms with Gasteiger partial charge >= 0.3 is 0 Å². The van der Waals surface area contributed by atoms with E-state index in [-0.39, 0.29) is 17.5 Å². The van der Waals surface area contributed by atoms with Crippen molar-refractivity contribution < 1.29 is 9.59 Å². The van der Waals surface area contributed by atoms with Gasteiger partial charge in [-0.1, -0.05) is 24.0 Å². The van der Waals surface area contributed by atoms with Crippen molar-refractivity contribution in [3.8, 4) is 34.6 Å². The first-order chi connectivity index (χ1) is 14.4. The van der Waals surface area contributed by atoms with Crippen LogP contribution in [0.3, 0.4) is 0 Å². The molecule has 0 bridgehead atoms. The van der Waals surface area contributed by atoms with Gasteiger partial charge in [0.15, 0.2) is 5.82 Å². The minimum atomic E-state index is -0.642. The molecule has 1 aromatic carbocycles. The molecule has 3 N–H and O–H groups in total. The molecule has 3 aromatic rings. The van der Waals surface area contributed by atoms with Crippen LogP contribution in [-0.2, 0) is 4.79 Å². The maximum atomic E-state index is 12.0. The quantitative estimate of drug-likeness (QED) is 0.650. The minimum absolute atomic E-state index is 0.0516. The van der Waals surface area contributed by atoms with E-state index in [0.717, 1.165) is 24.1 Å². The Balaban J connectivity index is 1.72. The molecule has 2 aromatic heterocycles. The van der Waals surface area contributed by atoms with Crippen LogP contribution in [0.25, 0.3) is 22.8 Å². The Kier molecular flexibility index (Phi) is 5.02. The normalized spacial score (nSPS) is 15.7. The zero-order valence-corrected chi connectivity index (χ0v) is 16.6. The maximum Gasteiger partial charge on any atom is 0.267 e. The van der Waals surface area contributed by atoms with Gasteiger partial charge in [-0.2, -0.15) is 5.10 Å². The fraction of sp³-hybridized carbons (Fsp3) is 0.227. The van der Waals surface area contributed by atoms with Gasteiger partial charge in [-0.15, -0.1) is 0 Å². The number of nitrogens with zero attached hydrogens (tertiary/aromatic N) is 4. The molecule has 3 heterocycles. The summed E-state index contributed by atoms with van der Waals surface area (Å²) in [5, 5.41) is 6.90. The van der Waals surface area contributed by atoms with Gasteiger partial charge in [-0.3, -0.25) is 14.7 Å². The number of aryl methyl sites for hydroxylation is 1. The standard InChI is InChI=1S/C22H20N6O2/c1-13-12-24-27-19(13)17-11-18(20(23)29)26-21(25-17)16-5-3-4-14(10-16)6-7-15-8-9-28(2)22(15)30/h3-5,10-12,15H,8-9H2,1-2H3,(H2,23,29)(H,24,27). The van der Waals surface area contributed by atoms with E-state index in [4.69, 9.17) is 5.73 Å². The van der Waals surface area contributed by atoms with Gasteiger partial charge in [0, 0.05) is 24.7 Å². The third-order valence-corrected chi connectivity index (χ3v) is 5.00. The zero-order valence-electron chi connectivity index (χ0n) is 16.6. The summed E-state index contributed by atoms with van der Waals surface area (Å²) in [6.45, 7) is 2.62. The molecule has 8 heteroatoms. The molecule has 4 rings (SSSR count). The summed E-state index contributed by atoms with van der Waals surface area (Å²) in [6.07, 6.45) is 2.41. The highest BCUT2D eigenvalue weighted by Crippen LogP contribution is 2.24. The monoisotopic (exact) mass is 400 g/mol. The number of benzene rings is 1. The first-order valence-corrected chi connectivity index (χ1v) is 9.48. The summed E-state index contributed by atoms with van der Waals surface area (Å²) in [5.41, 5.74) is 9.13. The average Bonchev–Trinajstić information content (AvgIpc) is 3.32. The fourth-order valence-electron chi connectivity index (χ4n) is 3.30. The number of hydrogen-bond donors (Lipinski definition) is 2. The summed E-state index contributed by atoms with van der Waals surface area (Å²) in [7, 11) is 1.78. The van der Waals surface area contributed by atoms with E-state index in [1.807, 2.05) is 31.2 Å². The van der Waals surface area contributed by atoms with E-state index < -0.39 is 5.91 Å². The topological polar surface area (TPSA) is 118 Å². The smallest absolute Gasteiger partial charge is 0.267 e. The number of rotatable bonds is 3. The third kappa shape index (κ3) is 3.78. The number of nitrogens with one attached hydrogen (secondary N) is 1. The zero-order chi connectivity index (χ0) is 21.3. The molecular weight excluding hydrogens is 380 g/mol. The lowest BCUT2D eigenvalue weighted by Crippen LogP contribution is -2.21. The third-order valence-electron chi connectivity index (χ3n) is 5.00. The van der Waals surface area contributed by atoms with Crippen LogP contribution >= 0.6 is 0 Å². The Morgan fingerprint density at radius 3 is 2.80 bits per heavy atom. The fourth-order valence-corrected chi connectivity index (χ4v) is 3.30. The molecule has 1 atom stereocenters. The summed E-state index contributed by atoms with van der Waals surface area (Å²) >= 11 is 0. The van der Waals surface area contributed by atoms with E-state index >= 15 is 0 Å². The number of aromatic nitrogens is 4. The molecule has 0 radical (unpaired) electrons. The Hall–Kier alpha value is -3.99. The number of primary amides is 1. The Labute approximate surface area is 173 Å². The SMILES string of the molecule is Cc1cn[nH]c1-c1cc(C(N)=O)nc(-c2cccc(C#CC3CCN(C)C3=O)c2)n1. The minimum Gasteiger partial charge on any atom is -0.364 e. The van der Waals surface area contributed by atoms with Crippen molar-refractivity contribution >= 4 is 11.8 Å². The number of aromatic amines is 1. The van der Waals surface area contributed by atoms with Gasteiger partial charge in [0.25, 0.3) is 5.91 Å². The predicted octanol–water partition coefficient (Wildman–Crippen LogP) is 1.77. The van der Waals surface area contributed by atoms with E-state index in [0.29, 0.717) is 22.8 Å². The molecule has 1 aliphatic heterocycles. The molecule has 1 fully saturated rings. The lowest BCUT2D eigenvalue weighted by atomic mass is 10.1. The number of hydrogen-bond acceptors (Lipinski definition) is 5. The largest absolute Gasteiger partial charge is 0.364 e. The highest BCUT2D eigenvalue weighted by atomic mass is 16.2. The van der Waals surface area contributed by atoms with Crippen LogP contribution in [0.15, 0.2) is 36.5 Å². The van der Waals surface area contributed by atoms with Gasteiger partial charge in [0.1, 0.15) is 11.6 Å². The second kappa shape index (κ2) is 7.79. The van der Waals surface area contributed by atoms with Gasteiger partial charge in [-0.25, -0.2) is 9.97 Å². The number of carbonyl (C=O) groups is 2. The first kappa shape index (κ1) is 19.3. The number of likely N-dealkylation sites (tertiary alicyclic amines) is 1. The van der Waals surface area contributed by atoms with Crippen LogP contribution in [0.2, 0.25) is 0 Å². The van der Waals surface area contributed by atoms with Crippen molar-refractivity contribution in [3.05, 3.63) is 53.3 Å². The molecule has 2 amide bonds.